The third kappa shape index (κ3) is 3.71. The monoisotopic (exact) mass is 381 g/mol. The Morgan fingerprint density at radius 2 is 1.77 bits per heavy atom. The first-order valence-electron chi connectivity index (χ1n) is 8.27. The van der Waals surface area contributed by atoms with Crippen molar-refractivity contribution in [3.05, 3.63) is 88.9 Å². The van der Waals surface area contributed by atoms with Gasteiger partial charge in [-0.05, 0) is 42.0 Å². The van der Waals surface area contributed by atoms with Crippen LogP contribution in [0.25, 0.3) is 0 Å². The summed E-state index contributed by atoms with van der Waals surface area (Å²) in [6.07, 6.45) is -0.265. The van der Waals surface area contributed by atoms with Crippen LogP contribution in [0.5, 0.6) is 0 Å². The van der Waals surface area contributed by atoms with Gasteiger partial charge in [-0.15, -0.1) is 0 Å². The fourth-order valence-corrected chi connectivity index (χ4v) is 4.26. The number of anilines is 1. The zero-order valence-corrected chi connectivity index (χ0v) is 15.4. The molecule has 1 N–H and O–H groups in total. The second-order valence-electron chi connectivity index (χ2n) is 5.98. The highest BCUT2D eigenvalue weighted by Crippen LogP contribution is 2.42. The molecule has 1 amide bonds. The van der Waals surface area contributed by atoms with Gasteiger partial charge in [-0.1, -0.05) is 59.8 Å². The number of ether oxygens (including phenoxy) is 1. The summed E-state index contributed by atoms with van der Waals surface area (Å²) in [5, 5.41) is 3.41. The molecule has 0 radical (unpaired) electrons. The Bertz CT molecular complexity index is 946. The van der Waals surface area contributed by atoms with Crippen LogP contribution in [0.4, 0.5) is 10.5 Å². The molecule has 3 nitrogen and oxygen atoms in total. The number of rotatable bonds is 2. The van der Waals surface area contributed by atoms with Crippen molar-refractivity contribution in [1.29, 1.82) is 0 Å². The van der Waals surface area contributed by atoms with Crippen LogP contribution in [0.2, 0.25) is 5.02 Å². The SMILES string of the molecule is O=C(Nc1ccccc1)O[C@H]1Cc2ccccc2Sc2ccc(Cl)cc21. The van der Waals surface area contributed by atoms with Crippen LogP contribution in [0.1, 0.15) is 17.2 Å². The Balaban J connectivity index is 1.63. The number of carbonyl (C=O) groups is 1. The lowest BCUT2D eigenvalue weighted by atomic mass is 10.0. The average molecular weight is 382 g/mol. The number of hydrogen-bond donors (Lipinski definition) is 1. The molecule has 26 heavy (non-hydrogen) atoms. The first-order valence-corrected chi connectivity index (χ1v) is 9.46. The van der Waals surface area contributed by atoms with Gasteiger partial charge in [-0.25, -0.2) is 4.79 Å². The number of carbonyl (C=O) groups excluding carboxylic acids is 1. The highest BCUT2D eigenvalue weighted by atomic mass is 35.5. The molecule has 0 bridgehead atoms. The Morgan fingerprint density at radius 3 is 2.62 bits per heavy atom. The molecule has 130 valence electrons. The predicted octanol–water partition coefficient (Wildman–Crippen LogP) is 6.34. The maximum atomic E-state index is 12.4. The molecule has 1 heterocycles. The van der Waals surface area contributed by atoms with E-state index in [-0.39, 0.29) is 0 Å². The number of benzene rings is 3. The van der Waals surface area contributed by atoms with Crippen LogP contribution >= 0.6 is 23.4 Å². The van der Waals surface area contributed by atoms with Crippen molar-refractivity contribution < 1.29 is 9.53 Å². The van der Waals surface area contributed by atoms with Gasteiger partial charge in [-0.2, -0.15) is 0 Å². The zero-order chi connectivity index (χ0) is 17.9. The summed E-state index contributed by atoms with van der Waals surface area (Å²) in [7, 11) is 0. The maximum Gasteiger partial charge on any atom is 0.412 e. The van der Waals surface area contributed by atoms with Crippen molar-refractivity contribution in [1.82, 2.24) is 0 Å². The molecule has 0 fully saturated rings. The normalized spacial score (nSPS) is 15.3. The molecule has 1 atom stereocenters. The second-order valence-corrected chi connectivity index (χ2v) is 7.50. The van der Waals surface area contributed by atoms with E-state index in [1.54, 1.807) is 11.8 Å². The fourth-order valence-electron chi connectivity index (χ4n) is 2.97. The number of hydrogen-bond acceptors (Lipinski definition) is 3. The topological polar surface area (TPSA) is 38.3 Å². The van der Waals surface area contributed by atoms with Crippen molar-refractivity contribution >= 4 is 35.1 Å². The van der Waals surface area contributed by atoms with Gasteiger partial charge in [0.25, 0.3) is 0 Å². The zero-order valence-electron chi connectivity index (χ0n) is 13.8. The molecule has 1 aliphatic heterocycles. The summed E-state index contributed by atoms with van der Waals surface area (Å²) in [5.74, 6) is 0. The number of fused-ring (bicyclic) bond motifs is 2. The van der Waals surface area contributed by atoms with Crippen molar-refractivity contribution in [3.8, 4) is 0 Å². The molecular formula is C21H16ClNO2S. The second kappa shape index (κ2) is 7.44. The van der Waals surface area contributed by atoms with Gasteiger partial charge >= 0.3 is 6.09 Å². The minimum Gasteiger partial charge on any atom is -0.441 e. The number of para-hydroxylation sites is 1. The van der Waals surface area contributed by atoms with Gasteiger partial charge in [0.2, 0.25) is 0 Å². The van der Waals surface area contributed by atoms with E-state index in [4.69, 9.17) is 16.3 Å². The number of amides is 1. The molecule has 5 heteroatoms. The quantitative estimate of drug-likeness (QED) is 0.563. The van der Waals surface area contributed by atoms with E-state index in [0.717, 1.165) is 16.0 Å². The van der Waals surface area contributed by atoms with Crippen molar-refractivity contribution in [2.24, 2.45) is 0 Å². The van der Waals surface area contributed by atoms with E-state index in [2.05, 4.69) is 17.4 Å². The number of nitrogens with one attached hydrogen (secondary N) is 1. The molecule has 0 aromatic heterocycles. The van der Waals surface area contributed by atoms with Crippen LogP contribution in [-0.4, -0.2) is 6.09 Å². The van der Waals surface area contributed by atoms with E-state index < -0.39 is 12.2 Å². The first-order chi connectivity index (χ1) is 12.7. The highest BCUT2D eigenvalue weighted by molar-refractivity contribution is 7.99. The third-order valence-electron chi connectivity index (χ3n) is 4.19. The third-order valence-corrected chi connectivity index (χ3v) is 5.63. The van der Waals surface area contributed by atoms with Gasteiger partial charge in [-0.3, -0.25) is 5.32 Å². The van der Waals surface area contributed by atoms with Crippen molar-refractivity contribution in [3.63, 3.8) is 0 Å². The van der Waals surface area contributed by atoms with E-state index in [9.17, 15) is 4.79 Å². The van der Waals surface area contributed by atoms with Crippen LogP contribution in [-0.2, 0) is 11.2 Å². The number of halogens is 1. The molecule has 4 rings (SSSR count). The molecule has 0 spiro atoms. The summed E-state index contributed by atoms with van der Waals surface area (Å²) in [5.41, 5.74) is 2.79. The van der Waals surface area contributed by atoms with E-state index >= 15 is 0 Å². The van der Waals surface area contributed by atoms with E-state index in [1.807, 2.05) is 60.7 Å². The Hall–Kier alpha value is -2.43. The maximum absolute atomic E-state index is 12.4. The van der Waals surface area contributed by atoms with E-state index in [1.165, 1.54) is 4.90 Å². The van der Waals surface area contributed by atoms with Crippen molar-refractivity contribution in [2.75, 3.05) is 5.32 Å². The Kier molecular flexibility index (Phi) is 4.87. The van der Waals surface area contributed by atoms with Crippen molar-refractivity contribution in [2.45, 2.75) is 22.3 Å². The summed E-state index contributed by atoms with van der Waals surface area (Å²) in [4.78, 5) is 14.7. The van der Waals surface area contributed by atoms with Crippen LogP contribution < -0.4 is 5.32 Å². The minimum atomic E-state index is -0.475. The Labute approximate surface area is 161 Å². The molecule has 1 aliphatic rings. The molecule has 0 unspecified atom stereocenters. The molecule has 0 saturated carbocycles. The lowest BCUT2D eigenvalue weighted by Gasteiger charge is -2.19. The fraction of sp³-hybridized carbons (Fsp3) is 0.0952. The van der Waals surface area contributed by atoms with Crippen LogP contribution in [0.15, 0.2) is 82.6 Å². The summed E-state index contributed by atoms with van der Waals surface area (Å²) < 4.78 is 5.79. The smallest absolute Gasteiger partial charge is 0.412 e. The summed E-state index contributed by atoms with van der Waals surface area (Å²) >= 11 is 7.88. The van der Waals surface area contributed by atoms with E-state index in [0.29, 0.717) is 17.1 Å². The van der Waals surface area contributed by atoms with Gasteiger partial charge in [0.1, 0.15) is 6.10 Å². The molecule has 3 aromatic carbocycles. The summed E-state index contributed by atoms with van der Waals surface area (Å²) in [6.45, 7) is 0. The van der Waals surface area contributed by atoms with Gasteiger partial charge in [0.05, 0.1) is 0 Å². The lowest BCUT2D eigenvalue weighted by molar-refractivity contribution is 0.109. The van der Waals surface area contributed by atoms with Gasteiger partial charge in [0.15, 0.2) is 0 Å². The molecule has 3 aromatic rings. The predicted molar refractivity (Wildman–Crippen MR) is 105 cm³/mol. The lowest BCUT2D eigenvalue weighted by Crippen LogP contribution is -2.19. The average Bonchev–Trinajstić information content (AvgIpc) is 2.79. The molecular weight excluding hydrogens is 366 g/mol. The highest BCUT2D eigenvalue weighted by Gasteiger charge is 2.26. The molecule has 0 aliphatic carbocycles. The molecule has 0 saturated heterocycles. The first kappa shape index (κ1) is 17.0. The van der Waals surface area contributed by atoms with Gasteiger partial charge < -0.3 is 4.74 Å². The minimum absolute atomic E-state index is 0.399. The van der Waals surface area contributed by atoms with Crippen LogP contribution in [0.3, 0.4) is 0 Å². The standard InChI is InChI=1S/C21H16ClNO2S/c22-15-10-11-20-17(13-15)18(12-14-6-4-5-9-19(14)26-20)25-21(24)23-16-7-2-1-3-8-16/h1-11,13,18H,12H2,(H,23,24)/t18-/m0/s1. The summed E-state index contributed by atoms with van der Waals surface area (Å²) in [6, 6.07) is 23.2. The largest absolute Gasteiger partial charge is 0.441 e. The Morgan fingerprint density at radius 1 is 1.00 bits per heavy atom. The van der Waals surface area contributed by atoms with Gasteiger partial charge in [0, 0.05) is 32.5 Å². The van der Waals surface area contributed by atoms with Crippen LogP contribution in [0, 0.1) is 0 Å².